The van der Waals surface area contributed by atoms with Gasteiger partial charge in [-0.05, 0) is 103 Å². The zero-order valence-corrected chi connectivity index (χ0v) is 53.3. The van der Waals surface area contributed by atoms with E-state index in [0.717, 1.165) is 12.1 Å². The van der Waals surface area contributed by atoms with E-state index < -0.39 is 111 Å². The number of benzene rings is 2. The maximum absolute atomic E-state index is 15.0. The summed E-state index contributed by atoms with van der Waals surface area (Å²) in [5.41, 5.74) is -0.516. The van der Waals surface area contributed by atoms with E-state index in [-0.39, 0.29) is 91.1 Å². The van der Waals surface area contributed by atoms with Gasteiger partial charge in [0.25, 0.3) is 0 Å². The number of unbranched alkanes of at least 4 members (excludes halogenated alkanes) is 2. The van der Waals surface area contributed by atoms with Crippen molar-refractivity contribution in [2.75, 3.05) is 39.4 Å². The van der Waals surface area contributed by atoms with E-state index in [2.05, 4.69) is 81.8 Å². The van der Waals surface area contributed by atoms with Gasteiger partial charge in [-0.2, -0.15) is 0 Å². The molecule has 2 aromatic carbocycles. The summed E-state index contributed by atoms with van der Waals surface area (Å²) in [5.74, 6) is -5.14. The van der Waals surface area contributed by atoms with Crippen molar-refractivity contribution in [3.8, 4) is 0 Å². The number of carbonyl (C=O) groups is 10. The lowest BCUT2D eigenvalue weighted by Crippen LogP contribution is -2.66. The van der Waals surface area contributed by atoms with E-state index in [4.69, 9.17) is 28.4 Å². The fraction of sp³-hybridized carbons (Fsp3) is 0.621. The monoisotopic (exact) mass is 1210 g/mol. The largest absolute Gasteiger partial charge is 0.460 e. The molecule has 0 aliphatic heterocycles. The lowest BCUT2D eigenvalue weighted by Gasteiger charge is -2.30. The van der Waals surface area contributed by atoms with Crippen molar-refractivity contribution in [2.45, 2.75) is 193 Å². The molecule has 84 heavy (non-hydrogen) atoms. The Morgan fingerprint density at radius 1 is 0.417 bits per heavy atom. The topological polar surface area (TPSA) is 322 Å². The Balaban J connectivity index is 2.63. The Morgan fingerprint density at radius 3 is 1.08 bits per heavy atom. The first-order chi connectivity index (χ1) is 39.3. The van der Waals surface area contributed by atoms with Gasteiger partial charge < -0.3 is 71.0 Å². The van der Waals surface area contributed by atoms with E-state index in [9.17, 15) is 47.9 Å². The zero-order valence-electron chi connectivity index (χ0n) is 51.3. The van der Waals surface area contributed by atoms with E-state index in [0.29, 0.717) is 24.0 Å². The highest BCUT2D eigenvalue weighted by atomic mass is 28.3. The quantitative estimate of drug-likeness (QED) is 0.0154. The second kappa shape index (κ2) is 37.2. The van der Waals surface area contributed by atoms with Gasteiger partial charge in [-0.1, -0.05) is 99.9 Å². The van der Waals surface area contributed by atoms with Crippen LogP contribution in [0.4, 0.5) is 19.2 Å². The molecule has 0 saturated heterocycles. The number of nitrogens with one attached hydrogen (secondary N) is 8. The number of alkyl carbamates (subject to hydrolysis) is 4. The maximum Gasteiger partial charge on any atom is 0.408 e. The molecule has 470 valence electrons. The molecular weight excluding hydrogens is 1120 g/mol. The molecule has 0 saturated carbocycles. The molecule has 24 nitrogen and oxygen atoms in total. The molecule has 0 spiro atoms. The van der Waals surface area contributed by atoms with Gasteiger partial charge in [-0.3, -0.25) is 28.8 Å². The van der Waals surface area contributed by atoms with E-state index in [1.807, 2.05) is 0 Å². The van der Waals surface area contributed by atoms with Crippen LogP contribution in [0.15, 0.2) is 60.7 Å². The smallest absolute Gasteiger partial charge is 0.408 e. The van der Waals surface area contributed by atoms with Crippen molar-refractivity contribution in [1.29, 1.82) is 0 Å². The second-order valence-corrected chi connectivity index (χ2v) is 35.7. The van der Waals surface area contributed by atoms with Gasteiger partial charge >= 0.3 is 36.3 Å². The predicted octanol–water partition coefficient (Wildman–Crippen LogP) is 6.71. The molecule has 0 aliphatic rings. The van der Waals surface area contributed by atoms with Gasteiger partial charge in [0.2, 0.25) is 23.6 Å². The molecule has 0 fully saturated rings. The molecule has 8 amide bonds. The molecule has 0 radical (unpaired) electrons. The van der Waals surface area contributed by atoms with Gasteiger partial charge in [-0.15, -0.1) is 0 Å². The van der Waals surface area contributed by atoms with Gasteiger partial charge in [0, 0.05) is 42.3 Å². The molecule has 0 bridgehead atoms. The SMILES string of the molecule is CC(C)(C)OC(=O)CCNC(=O)[C@H](CCCCNC(=O)OCC[Si](C)(C)C)NC(=O)C(NC(=O)OCc1ccccc1)C(NC(=O)OCc1ccccc1)C(=O)N[C@@H](CCCCNC(=O)OCC[Si](C)(C)C)C(=O)NCCC(=O)OC(C)(C)C. The summed E-state index contributed by atoms with van der Waals surface area (Å²) in [4.78, 5) is 136. The Bertz CT molecular complexity index is 2250. The minimum absolute atomic E-state index is 0.0818. The van der Waals surface area contributed by atoms with E-state index in [1.54, 1.807) is 102 Å². The zero-order chi connectivity index (χ0) is 62.9. The number of amides is 8. The molecular formula is C58H94N8O16Si2. The van der Waals surface area contributed by atoms with Crippen molar-refractivity contribution in [3.05, 3.63) is 71.8 Å². The fourth-order valence-corrected chi connectivity index (χ4v) is 8.81. The minimum atomic E-state index is -2.12. The summed E-state index contributed by atoms with van der Waals surface area (Å²) in [6.07, 6.45) is -3.32. The summed E-state index contributed by atoms with van der Waals surface area (Å²) in [7, 11) is -2.95. The summed E-state index contributed by atoms with van der Waals surface area (Å²) >= 11 is 0. The van der Waals surface area contributed by atoms with Gasteiger partial charge in [0.15, 0.2) is 0 Å². The van der Waals surface area contributed by atoms with Crippen LogP contribution >= 0.6 is 0 Å². The van der Waals surface area contributed by atoms with Crippen LogP contribution in [0.2, 0.25) is 51.4 Å². The summed E-state index contributed by atoms with van der Waals surface area (Å²) < 4.78 is 32.4. The number of carbonyl (C=O) groups excluding carboxylic acids is 10. The standard InChI is InChI=1S/C58H94N8O16Si2/c1-57(2,3)81-45(67)29-33-59-49(69)43(27-19-21-31-61-53(73)77-35-37-83(7,8)9)63-51(71)47(65-55(75)79-39-41-23-15-13-16-24-41)48(66-56(76)80-40-42-25-17-14-18-26-42)52(72)64-44(50(70)60-34-30-46(68)82-58(4,5)6)28-20-22-32-62-54(74)78-36-38-84(10,11)12/h13-18,23-26,43-44,47-48H,19-22,27-40H2,1-12H3,(H,59,69)(H,60,70)(H,61,73)(H,62,74)(H,63,71)(H,64,72)(H,65,75)(H,66,76)/t43-,44-,47?,48?/m0/s1. The molecule has 2 unspecified atom stereocenters. The van der Waals surface area contributed by atoms with Crippen LogP contribution in [0.1, 0.15) is 104 Å². The van der Waals surface area contributed by atoms with Crippen molar-refractivity contribution in [1.82, 2.24) is 42.5 Å². The van der Waals surface area contributed by atoms with Gasteiger partial charge in [0.05, 0.1) is 26.1 Å². The van der Waals surface area contributed by atoms with Crippen LogP contribution in [0, 0.1) is 0 Å². The van der Waals surface area contributed by atoms with Crippen LogP contribution in [0.3, 0.4) is 0 Å². The molecule has 0 aliphatic carbocycles. The van der Waals surface area contributed by atoms with Crippen LogP contribution in [0.5, 0.6) is 0 Å². The number of ether oxygens (including phenoxy) is 6. The fourth-order valence-electron chi connectivity index (χ4n) is 7.38. The Hall–Kier alpha value is -7.23. The van der Waals surface area contributed by atoms with Gasteiger partial charge in [0.1, 0.15) is 48.6 Å². The van der Waals surface area contributed by atoms with Crippen LogP contribution in [0.25, 0.3) is 0 Å². The number of rotatable bonds is 35. The third kappa shape index (κ3) is 35.7. The van der Waals surface area contributed by atoms with Crippen molar-refractivity contribution in [2.24, 2.45) is 0 Å². The van der Waals surface area contributed by atoms with E-state index >= 15 is 0 Å². The lowest BCUT2D eigenvalue weighted by molar-refractivity contribution is -0.155. The Morgan fingerprint density at radius 2 is 0.762 bits per heavy atom. The highest BCUT2D eigenvalue weighted by molar-refractivity contribution is 6.76. The maximum atomic E-state index is 15.0. The summed E-state index contributed by atoms with van der Waals surface area (Å²) in [6, 6.07) is 11.5. The first kappa shape index (κ1) is 72.9. The molecule has 26 heteroatoms. The molecule has 4 atom stereocenters. The molecule has 8 N–H and O–H groups in total. The average molecular weight is 1220 g/mol. The predicted molar refractivity (Wildman–Crippen MR) is 321 cm³/mol. The van der Waals surface area contributed by atoms with E-state index in [1.165, 1.54) is 0 Å². The number of hydrogen-bond acceptors (Lipinski definition) is 16. The summed E-state index contributed by atoms with van der Waals surface area (Å²) in [5, 5.41) is 20.6. The molecule has 0 heterocycles. The molecule has 0 aromatic heterocycles. The minimum Gasteiger partial charge on any atom is -0.460 e. The van der Waals surface area contributed by atoms with Crippen LogP contribution in [-0.2, 0) is 70.4 Å². The second-order valence-electron chi connectivity index (χ2n) is 24.5. The van der Waals surface area contributed by atoms with Crippen molar-refractivity contribution < 1.29 is 76.4 Å². The normalized spacial score (nSPS) is 13.0. The average Bonchev–Trinajstić information content (AvgIpc) is 3.46. The first-order valence-electron chi connectivity index (χ1n) is 28.6. The van der Waals surface area contributed by atoms with Crippen LogP contribution in [-0.4, -0.2) is 151 Å². The lowest BCUT2D eigenvalue weighted by atomic mass is 10.0. The molecule has 2 rings (SSSR count). The van der Waals surface area contributed by atoms with Crippen LogP contribution < -0.4 is 42.5 Å². The van der Waals surface area contributed by atoms with Gasteiger partial charge in [-0.25, -0.2) is 19.2 Å². The van der Waals surface area contributed by atoms with Crippen molar-refractivity contribution >= 4 is 76.1 Å². The molecule has 2 aromatic rings. The highest BCUT2D eigenvalue weighted by Gasteiger charge is 2.40. The van der Waals surface area contributed by atoms with Crippen molar-refractivity contribution in [3.63, 3.8) is 0 Å². The number of hydrogen-bond donors (Lipinski definition) is 8. The highest BCUT2D eigenvalue weighted by Crippen LogP contribution is 2.14. The Kier molecular flexibility index (Phi) is 32.2. The number of esters is 2. The summed E-state index contributed by atoms with van der Waals surface area (Å²) in [6.45, 7) is 22.8. The first-order valence-corrected chi connectivity index (χ1v) is 36.1. The third-order valence-corrected chi connectivity index (χ3v) is 15.2. The Labute approximate surface area is 497 Å². The third-order valence-electron chi connectivity index (χ3n) is 11.8.